The number of rotatable bonds is 9. The van der Waals surface area contributed by atoms with E-state index >= 15 is 0 Å². The van der Waals surface area contributed by atoms with Gasteiger partial charge >= 0.3 is 0 Å². The molecule has 0 aliphatic rings. The summed E-state index contributed by atoms with van der Waals surface area (Å²) in [6.07, 6.45) is 0. The predicted octanol–water partition coefficient (Wildman–Crippen LogP) is 3.40. The van der Waals surface area contributed by atoms with E-state index in [1.807, 2.05) is 43.3 Å². The van der Waals surface area contributed by atoms with Gasteiger partial charge in [0.1, 0.15) is 11.3 Å². The summed E-state index contributed by atoms with van der Waals surface area (Å²) in [5.41, 5.74) is 1.65. The number of methoxy groups -OCH3 is 1. The number of hydrogen-bond acceptors (Lipinski definition) is 5. The molecule has 0 aliphatic heterocycles. The highest BCUT2D eigenvalue weighted by Gasteiger charge is 2.15. The first-order chi connectivity index (χ1) is 14.9. The molecule has 1 unspecified atom stereocenters. The number of para-hydroxylation sites is 1. The van der Waals surface area contributed by atoms with Crippen LogP contribution in [0, 0.1) is 0 Å². The summed E-state index contributed by atoms with van der Waals surface area (Å²) in [6, 6.07) is 16.5. The first-order valence-corrected chi connectivity index (χ1v) is 11.4. The first kappa shape index (κ1) is 26.1. The van der Waals surface area contributed by atoms with Gasteiger partial charge in [-0.05, 0) is 36.8 Å². The van der Waals surface area contributed by atoms with Gasteiger partial charge in [-0.2, -0.15) is 0 Å². The van der Waals surface area contributed by atoms with Gasteiger partial charge in [0.05, 0.1) is 17.5 Å². The van der Waals surface area contributed by atoms with Crippen molar-refractivity contribution in [3.63, 3.8) is 0 Å². The van der Waals surface area contributed by atoms with Crippen LogP contribution in [0.2, 0.25) is 0 Å². The third-order valence-electron chi connectivity index (χ3n) is 4.72. The Labute approximate surface area is 205 Å². The van der Waals surface area contributed by atoms with E-state index in [0.29, 0.717) is 19.1 Å². The molecule has 32 heavy (non-hydrogen) atoms. The average Bonchev–Trinajstić information content (AvgIpc) is 3.21. The average molecular weight is 572 g/mol. The van der Waals surface area contributed by atoms with Crippen molar-refractivity contribution in [3.05, 3.63) is 65.9 Å². The molecule has 1 aromatic heterocycles. The maximum absolute atomic E-state index is 12.4. The molecule has 0 spiro atoms. The lowest BCUT2D eigenvalue weighted by Crippen LogP contribution is -2.38. The molecular weight excluding hydrogens is 543 g/mol. The lowest BCUT2D eigenvalue weighted by atomic mass is 10.2. The standard InChI is InChI=1S/C22H28N4O4S.HI/c1-16(21-14-18-8-4-5-10-20(18)30-21)26-22(23-2)24-15-17-7-6-9-19(13-17)31(27,28)25-11-12-29-3;/h4-10,13-14,16,25H,11-12,15H2,1-3H3,(H2,23,24,26);1H. The van der Waals surface area contributed by atoms with E-state index in [1.54, 1.807) is 25.2 Å². The summed E-state index contributed by atoms with van der Waals surface area (Å²) in [7, 11) is -0.377. The number of aliphatic imine (C=N–C) groups is 1. The van der Waals surface area contributed by atoms with Crippen LogP contribution in [0.5, 0.6) is 0 Å². The van der Waals surface area contributed by atoms with Gasteiger partial charge in [-0.1, -0.05) is 30.3 Å². The SMILES string of the molecule is CN=C(NCc1cccc(S(=O)(=O)NCCOC)c1)NC(C)c1cc2ccccc2o1.I. The number of ether oxygens (including phenoxy) is 1. The molecule has 10 heteroatoms. The van der Waals surface area contributed by atoms with Gasteiger partial charge in [-0.25, -0.2) is 13.1 Å². The van der Waals surface area contributed by atoms with Gasteiger partial charge in [-0.3, -0.25) is 4.99 Å². The number of hydrogen-bond donors (Lipinski definition) is 3. The lowest BCUT2D eigenvalue weighted by Gasteiger charge is -2.16. The van der Waals surface area contributed by atoms with Crippen LogP contribution in [0.3, 0.4) is 0 Å². The molecule has 174 valence electrons. The third kappa shape index (κ3) is 6.92. The molecular formula is C22H29IN4O4S. The van der Waals surface area contributed by atoms with E-state index in [1.165, 1.54) is 7.11 Å². The summed E-state index contributed by atoms with van der Waals surface area (Å²) >= 11 is 0. The Morgan fingerprint density at radius 1 is 1.16 bits per heavy atom. The van der Waals surface area contributed by atoms with Crippen LogP contribution in [0.4, 0.5) is 0 Å². The smallest absolute Gasteiger partial charge is 0.240 e. The molecule has 3 aromatic rings. The maximum atomic E-state index is 12.4. The second-order valence-corrected chi connectivity index (χ2v) is 8.78. The number of fused-ring (bicyclic) bond motifs is 1. The van der Waals surface area contributed by atoms with Crippen LogP contribution in [0.25, 0.3) is 11.0 Å². The van der Waals surface area contributed by atoms with Gasteiger partial charge < -0.3 is 19.8 Å². The van der Waals surface area contributed by atoms with E-state index in [9.17, 15) is 8.42 Å². The molecule has 0 radical (unpaired) electrons. The molecule has 0 saturated carbocycles. The summed E-state index contributed by atoms with van der Waals surface area (Å²) in [5.74, 6) is 1.39. The van der Waals surface area contributed by atoms with Gasteiger partial charge in [0.15, 0.2) is 5.96 Å². The Morgan fingerprint density at radius 2 is 1.94 bits per heavy atom. The summed E-state index contributed by atoms with van der Waals surface area (Å²) < 4.78 is 38.1. The number of sulfonamides is 1. The van der Waals surface area contributed by atoms with Crippen molar-refractivity contribution in [2.45, 2.75) is 24.4 Å². The number of benzene rings is 2. The summed E-state index contributed by atoms with van der Waals surface area (Å²) in [5, 5.41) is 7.55. The van der Waals surface area contributed by atoms with Crippen molar-refractivity contribution in [1.29, 1.82) is 0 Å². The molecule has 0 saturated heterocycles. The van der Waals surface area contributed by atoms with Crippen LogP contribution < -0.4 is 15.4 Å². The van der Waals surface area contributed by atoms with Gasteiger partial charge in [-0.15, -0.1) is 24.0 Å². The highest BCUT2D eigenvalue weighted by Crippen LogP contribution is 2.23. The number of halogens is 1. The highest BCUT2D eigenvalue weighted by molar-refractivity contribution is 14.0. The van der Waals surface area contributed by atoms with Crippen LogP contribution in [0.15, 0.2) is 68.9 Å². The highest BCUT2D eigenvalue weighted by atomic mass is 127. The zero-order valence-corrected chi connectivity index (χ0v) is 21.4. The molecule has 0 amide bonds. The summed E-state index contributed by atoms with van der Waals surface area (Å²) in [6.45, 7) is 2.93. The molecule has 0 fully saturated rings. The normalized spacial score (nSPS) is 12.9. The minimum absolute atomic E-state index is 0. The van der Waals surface area contributed by atoms with Gasteiger partial charge in [0.25, 0.3) is 0 Å². The second kappa shape index (κ2) is 12.2. The minimum Gasteiger partial charge on any atom is -0.459 e. The van der Waals surface area contributed by atoms with Gasteiger partial charge in [0, 0.05) is 32.6 Å². The quantitative estimate of drug-likeness (QED) is 0.157. The third-order valence-corrected chi connectivity index (χ3v) is 6.17. The van der Waals surface area contributed by atoms with E-state index in [0.717, 1.165) is 22.3 Å². The fourth-order valence-electron chi connectivity index (χ4n) is 3.06. The molecule has 0 bridgehead atoms. The topological polar surface area (TPSA) is 105 Å². The minimum atomic E-state index is -3.58. The van der Waals surface area contributed by atoms with E-state index in [-0.39, 0.29) is 41.5 Å². The Balaban J connectivity index is 0.00000363. The van der Waals surface area contributed by atoms with E-state index in [2.05, 4.69) is 20.3 Å². The fourth-order valence-corrected chi connectivity index (χ4v) is 4.14. The first-order valence-electron chi connectivity index (χ1n) is 9.96. The second-order valence-electron chi connectivity index (χ2n) is 7.02. The Kier molecular flexibility index (Phi) is 9.94. The molecule has 0 aliphatic carbocycles. The predicted molar refractivity (Wildman–Crippen MR) is 137 cm³/mol. The van der Waals surface area contributed by atoms with Crippen molar-refractivity contribution < 1.29 is 17.6 Å². The number of nitrogens with one attached hydrogen (secondary N) is 3. The van der Waals surface area contributed by atoms with Crippen LogP contribution in [-0.2, 0) is 21.3 Å². The molecule has 3 N–H and O–H groups in total. The van der Waals surface area contributed by atoms with Gasteiger partial charge in [0.2, 0.25) is 10.0 Å². The Morgan fingerprint density at radius 3 is 2.66 bits per heavy atom. The molecule has 2 aromatic carbocycles. The Hall–Kier alpha value is -2.15. The van der Waals surface area contributed by atoms with Crippen molar-refractivity contribution in [3.8, 4) is 0 Å². The molecule has 8 nitrogen and oxygen atoms in total. The number of nitrogens with zero attached hydrogens (tertiary/aromatic N) is 1. The van der Waals surface area contributed by atoms with E-state index in [4.69, 9.17) is 9.15 Å². The monoisotopic (exact) mass is 572 g/mol. The van der Waals surface area contributed by atoms with E-state index < -0.39 is 10.0 Å². The van der Waals surface area contributed by atoms with Crippen LogP contribution >= 0.6 is 24.0 Å². The maximum Gasteiger partial charge on any atom is 0.240 e. The number of guanidine groups is 1. The molecule has 1 heterocycles. The zero-order chi connectivity index (χ0) is 22.3. The fraction of sp³-hybridized carbons (Fsp3) is 0.318. The molecule has 3 rings (SSSR count). The van der Waals surface area contributed by atoms with Crippen molar-refractivity contribution in [2.24, 2.45) is 4.99 Å². The number of furan rings is 1. The zero-order valence-electron chi connectivity index (χ0n) is 18.3. The van der Waals surface area contributed by atoms with Crippen LogP contribution in [-0.4, -0.2) is 41.7 Å². The largest absolute Gasteiger partial charge is 0.459 e. The van der Waals surface area contributed by atoms with Crippen LogP contribution in [0.1, 0.15) is 24.3 Å². The summed E-state index contributed by atoms with van der Waals surface area (Å²) in [4.78, 5) is 4.46. The lowest BCUT2D eigenvalue weighted by molar-refractivity contribution is 0.204. The van der Waals surface area contributed by atoms with Crippen molar-refractivity contribution in [1.82, 2.24) is 15.4 Å². The molecule has 1 atom stereocenters. The Bertz CT molecular complexity index is 1110. The van der Waals surface area contributed by atoms with Crippen molar-refractivity contribution in [2.75, 3.05) is 27.3 Å². The van der Waals surface area contributed by atoms with Crippen molar-refractivity contribution >= 4 is 50.9 Å².